The van der Waals surface area contributed by atoms with Crippen LogP contribution in [0.1, 0.15) is 49.5 Å². The van der Waals surface area contributed by atoms with Gasteiger partial charge >= 0.3 is 5.97 Å². The number of ketones is 1. The van der Waals surface area contributed by atoms with Crippen molar-refractivity contribution in [3.63, 3.8) is 0 Å². The number of nitrogens with zero attached hydrogens (tertiary/aromatic N) is 1. The summed E-state index contributed by atoms with van der Waals surface area (Å²) in [4.78, 5) is 40.5. The molecule has 1 aliphatic heterocycles. The number of carbonyl (C=O) groups excluding carboxylic acids is 3. The van der Waals surface area contributed by atoms with E-state index in [1.807, 2.05) is 19.0 Å². The first-order valence-electron chi connectivity index (χ1n) is 12.4. The van der Waals surface area contributed by atoms with Gasteiger partial charge in [-0.15, -0.1) is 24.8 Å². The van der Waals surface area contributed by atoms with Gasteiger partial charge in [0.15, 0.2) is 5.78 Å². The molecule has 11 heteroatoms. The molecule has 0 radical (unpaired) electrons. The van der Waals surface area contributed by atoms with E-state index in [1.165, 1.54) is 54.6 Å². The zero-order valence-corrected chi connectivity index (χ0v) is 23.8. The Labute approximate surface area is 245 Å². The Balaban J connectivity index is 0.00000280. The van der Waals surface area contributed by atoms with E-state index in [0.29, 0.717) is 24.1 Å². The molecule has 0 saturated carbocycles. The molecule has 1 heterocycles. The van der Waals surface area contributed by atoms with Crippen LogP contribution in [0.15, 0.2) is 66.7 Å². The molecule has 3 aromatic carbocycles. The smallest absolute Gasteiger partial charge is 0.338 e. The third-order valence-electron chi connectivity index (χ3n) is 6.48. The van der Waals surface area contributed by atoms with Crippen LogP contribution < -0.4 is 15.5 Å². The topological polar surface area (TPSA) is 128 Å². The number of amides is 1. The molecule has 0 spiro atoms. The number of carbonyl (C=O) groups is 3. The van der Waals surface area contributed by atoms with Gasteiger partial charge in [-0.3, -0.25) is 9.59 Å². The van der Waals surface area contributed by atoms with Gasteiger partial charge in [0.1, 0.15) is 17.6 Å². The van der Waals surface area contributed by atoms with E-state index in [2.05, 4.69) is 10.6 Å². The molecule has 1 fully saturated rings. The van der Waals surface area contributed by atoms with E-state index in [1.54, 1.807) is 12.1 Å². The summed E-state index contributed by atoms with van der Waals surface area (Å²) >= 11 is 0. The van der Waals surface area contributed by atoms with Gasteiger partial charge in [0, 0.05) is 37.5 Å². The predicted octanol–water partition coefficient (Wildman–Crippen LogP) is 3.95. The summed E-state index contributed by atoms with van der Waals surface area (Å²) in [5, 5.41) is 25.9. The molecular weight excluding hydrogens is 557 g/mol. The number of rotatable bonds is 7. The molecule has 1 aliphatic rings. The minimum absolute atomic E-state index is 0. The molecule has 0 aliphatic carbocycles. The highest BCUT2D eigenvalue weighted by Crippen LogP contribution is 2.26. The van der Waals surface area contributed by atoms with Crippen molar-refractivity contribution in [2.75, 3.05) is 32.1 Å². The van der Waals surface area contributed by atoms with Gasteiger partial charge in [0.05, 0.1) is 17.2 Å². The second-order valence-electron chi connectivity index (χ2n) is 9.42. The van der Waals surface area contributed by atoms with E-state index < -0.39 is 18.1 Å². The van der Waals surface area contributed by atoms with Gasteiger partial charge in [-0.1, -0.05) is 12.1 Å². The molecular formula is C29H33Cl2N3O6. The summed E-state index contributed by atoms with van der Waals surface area (Å²) in [5.41, 5.74) is 1.93. The molecule has 3 aromatic rings. The molecule has 9 nitrogen and oxygen atoms in total. The van der Waals surface area contributed by atoms with Crippen LogP contribution in [0.25, 0.3) is 0 Å². The van der Waals surface area contributed by atoms with Crippen LogP contribution in [-0.2, 0) is 4.74 Å². The minimum Gasteiger partial charge on any atom is -0.508 e. The van der Waals surface area contributed by atoms with Crippen LogP contribution >= 0.6 is 24.8 Å². The van der Waals surface area contributed by atoms with E-state index >= 15 is 0 Å². The summed E-state index contributed by atoms with van der Waals surface area (Å²) in [6.45, 7) is 1.17. The summed E-state index contributed by atoms with van der Waals surface area (Å²) < 4.78 is 5.81. The van der Waals surface area contributed by atoms with Crippen molar-refractivity contribution in [1.29, 1.82) is 0 Å². The van der Waals surface area contributed by atoms with Crippen LogP contribution in [-0.4, -0.2) is 67.2 Å². The molecule has 0 bridgehead atoms. The average molecular weight is 591 g/mol. The molecule has 2 atom stereocenters. The Hall–Kier alpha value is -3.79. The summed E-state index contributed by atoms with van der Waals surface area (Å²) in [5.74, 6) is -1.30. The lowest BCUT2D eigenvalue weighted by molar-refractivity contribution is 0.0192. The van der Waals surface area contributed by atoms with E-state index in [-0.39, 0.29) is 59.1 Å². The second kappa shape index (κ2) is 14.6. The van der Waals surface area contributed by atoms with E-state index in [9.17, 15) is 24.6 Å². The largest absolute Gasteiger partial charge is 0.508 e. The molecule has 1 saturated heterocycles. The van der Waals surface area contributed by atoms with Gasteiger partial charge in [0.2, 0.25) is 0 Å². The zero-order chi connectivity index (χ0) is 27.2. The normalized spacial score (nSPS) is 16.4. The van der Waals surface area contributed by atoms with Crippen molar-refractivity contribution in [3.05, 3.63) is 89.0 Å². The number of hydrogen-bond donors (Lipinski definition) is 4. The van der Waals surface area contributed by atoms with Crippen molar-refractivity contribution >= 4 is 48.2 Å². The highest BCUT2D eigenvalue weighted by Gasteiger charge is 2.29. The molecule has 1 amide bonds. The van der Waals surface area contributed by atoms with E-state index in [0.717, 1.165) is 18.7 Å². The van der Waals surface area contributed by atoms with Gasteiger partial charge in [-0.05, 0) is 74.0 Å². The highest BCUT2D eigenvalue weighted by atomic mass is 35.5. The maximum absolute atomic E-state index is 13.0. The average Bonchev–Trinajstić information content (AvgIpc) is 3.13. The fourth-order valence-corrected chi connectivity index (χ4v) is 4.27. The Morgan fingerprint density at radius 3 is 2.17 bits per heavy atom. The first kappa shape index (κ1) is 32.4. The van der Waals surface area contributed by atoms with Gasteiger partial charge < -0.3 is 30.5 Å². The number of ether oxygens (including phenoxy) is 1. The lowest BCUT2D eigenvalue weighted by Gasteiger charge is -2.26. The van der Waals surface area contributed by atoms with Crippen molar-refractivity contribution in [3.8, 4) is 11.5 Å². The standard InChI is InChI=1S/C29H31N3O6.2ClH/c1-32(2)21-11-14-25(34)23(16-21)27(35)18-5-7-20(8-6-18)29(37)38-26-4-3-15-30-17-24(26)31-28(36)19-9-12-22(33)13-10-19;;/h5-14,16,24,26,30,33-34H,3-4,15,17H2,1-2H3,(H,31,36);2*1H/t24-,26-;;/m1../s1. The number of halogens is 2. The number of nitrogens with one attached hydrogen (secondary N) is 2. The fourth-order valence-electron chi connectivity index (χ4n) is 4.27. The lowest BCUT2D eigenvalue weighted by Crippen LogP contribution is -2.49. The monoisotopic (exact) mass is 589 g/mol. The third-order valence-corrected chi connectivity index (χ3v) is 6.48. The number of hydrogen-bond acceptors (Lipinski definition) is 8. The quantitative estimate of drug-likeness (QED) is 0.241. The molecule has 4 rings (SSSR count). The van der Waals surface area contributed by atoms with Gasteiger partial charge in [-0.25, -0.2) is 4.79 Å². The zero-order valence-electron chi connectivity index (χ0n) is 22.1. The van der Waals surface area contributed by atoms with Crippen molar-refractivity contribution in [2.45, 2.75) is 25.0 Å². The SMILES string of the molecule is CN(C)c1ccc(O)c(C(=O)c2ccc(C(=O)O[C@@H]3CCCNC[C@H]3NC(=O)c3ccc(O)cc3)cc2)c1.Cl.Cl. The molecule has 0 unspecified atom stereocenters. The van der Waals surface area contributed by atoms with Crippen LogP contribution in [0.5, 0.6) is 11.5 Å². The minimum atomic E-state index is -0.558. The summed E-state index contributed by atoms with van der Waals surface area (Å²) in [6.07, 6.45) is 0.787. The number of aromatic hydroxyl groups is 2. The molecule has 214 valence electrons. The van der Waals surface area contributed by atoms with Crippen LogP contribution in [0, 0.1) is 0 Å². The summed E-state index contributed by atoms with van der Waals surface area (Å²) in [6, 6.07) is 16.4. The van der Waals surface area contributed by atoms with Crippen LogP contribution in [0.3, 0.4) is 0 Å². The molecule has 40 heavy (non-hydrogen) atoms. The van der Waals surface area contributed by atoms with Gasteiger partial charge in [-0.2, -0.15) is 0 Å². The highest BCUT2D eigenvalue weighted by molar-refractivity contribution is 6.11. The number of phenols is 2. The van der Waals surface area contributed by atoms with Crippen molar-refractivity contribution in [1.82, 2.24) is 10.6 Å². The number of phenolic OH excluding ortho intramolecular Hbond substituents is 2. The Morgan fingerprint density at radius 2 is 1.52 bits per heavy atom. The van der Waals surface area contributed by atoms with Crippen molar-refractivity contribution in [2.24, 2.45) is 0 Å². The number of benzene rings is 3. The molecule has 0 aromatic heterocycles. The first-order chi connectivity index (χ1) is 18.2. The van der Waals surface area contributed by atoms with Gasteiger partial charge in [0.25, 0.3) is 5.91 Å². The fraction of sp³-hybridized carbons (Fsp3) is 0.276. The third kappa shape index (κ3) is 7.88. The van der Waals surface area contributed by atoms with Crippen molar-refractivity contribution < 1.29 is 29.3 Å². The lowest BCUT2D eigenvalue weighted by atomic mass is 10.0. The second-order valence-corrected chi connectivity index (χ2v) is 9.42. The molecule has 4 N–H and O–H groups in total. The number of esters is 1. The Morgan fingerprint density at radius 1 is 0.900 bits per heavy atom. The maximum Gasteiger partial charge on any atom is 0.338 e. The summed E-state index contributed by atoms with van der Waals surface area (Å²) in [7, 11) is 3.68. The van der Waals surface area contributed by atoms with E-state index in [4.69, 9.17) is 4.74 Å². The van der Waals surface area contributed by atoms with Crippen LogP contribution in [0.4, 0.5) is 5.69 Å². The Kier molecular flexibility index (Phi) is 11.8. The first-order valence-corrected chi connectivity index (χ1v) is 12.4. The predicted molar refractivity (Wildman–Crippen MR) is 157 cm³/mol. The maximum atomic E-state index is 13.0. The van der Waals surface area contributed by atoms with Crippen LogP contribution in [0.2, 0.25) is 0 Å². The number of anilines is 1. The Bertz CT molecular complexity index is 1320.